The molecule has 0 aromatic heterocycles. The van der Waals surface area contributed by atoms with E-state index in [0.29, 0.717) is 22.8 Å². The van der Waals surface area contributed by atoms with E-state index in [0.717, 1.165) is 26.2 Å². The van der Waals surface area contributed by atoms with E-state index in [2.05, 4.69) is 23.7 Å². The van der Waals surface area contributed by atoms with E-state index in [1.165, 1.54) is 18.2 Å². The Bertz CT molecular complexity index is 1690. The van der Waals surface area contributed by atoms with Crippen LogP contribution >= 0.6 is 0 Å². The molecule has 4 rings (SSSR count). The van der Waals surface area contributed by atoms with Gasteiger partial charge in [-0.05, 0) is 48.4 Å². The van der Waals surface area contributed by atoms with Gasteiger partial charge in [-0.15, -0.1) is 0 Å². The molecule has 1 nitrogen and oxygen atoms in total. The molecule has 2 unspecified atom stereocenters. The quantitative estimate of drug-likeness (QED) is 0.121. The van der Waals surface area contributed by atoms with E-state index in [-0.39, 0.29) is 12.2 Å². The van der Waals surface area contributed by atoms with Crippen molar-refractivity contribution < 1.29 is 39.9 Å². The number of unbranched alkanes of at least 4 members (excludes halogenated alkanes) is 3. The van der Waals surface area contributed by atoms with Crippen LogP contribution in [-0.4, -0.2) is 12.8 Å². The number of fused-ring (bicyclic) bond motifs is 1. The highest BCUT2D eigenvalue weighted by Crippen LogP contribution is 2.38. The van der Waals surface area contributed by atoms with Crippen LogP contribution in [0.15, 0.2) is 59.5 Å². The largest absolute Gasteiger partial charge is 0.487 e. The molecule has 0 saturated carbocycles. The molecule has 218 valence electrons. The minimum absolute atomic E-state index is 0.0961. The highest BCUT2D eigenvalue weighted by molar-refractivity contribution is 5.85. The molecule has 9 heteroatoms. The third-order valence-electron chi connectivity index (χ3n) is 6.72. The molecule has 3 aromatic carbocycles. The summed E-state index contributed by atoms with van der Waals surface area (Å²) in [4.78, 5) is 0. The fourth-order valence-electron chi connectivity index (χ4n) is 4.29. The molecule has 0 fully saturated rings. The van der Waals surface area contributed by atoms with E-state index in [1.807, 2.05) is 6.92 Å². The van der Waals surface area contributed by atoms with Crippen LogP contribution < -0.4 is 4.74 Å². The molecule has 2 atom stereocenters. The van der Waals surface area contributed by atoms with Crippen molar-refractivity contribution in [3.63, 3.8) is 0 Å². The molecule has 1 aliphatic rings. The van der Waals surface area contributed by atoms with Crippen molar-refractivity contribution in [3.05, 3.63) is 99.4 Å². The Kier molecular flexibility index (Phi) is 9.63. The summed E-state index contributed by atoms with van der Waals surface area (Å²) >= 11 is 0. The SMILES string of the molecule is CCCCCCOc1c(F)c(F)c(C#Cc2ccc3cc(C#CC4C(F)=C(F)C(C)=C(F)C4F)ccc3c2)c(F)c1F. The van der Waals surface area contributed by atoms with Gasteiger partial charge in [0.25, 0.3) is 0 Å². The Morgan fingerprint density at radius 1 is 0.714 bits per heavy atom. The summed E-state index contributed by atoms with van der Waals surface area (Å²) in [5.74, 6) is -4.69. The van der Waals surface area contributed by atoms with Gasteiger partial charge in [0.15, 0.2) is 35.2 Å². The summed E-state index contributed by atoms with van der Waals surface area (Å²) in [6, 6.07) is 9.19. The molecule has 0 bridgehead atoms. The zero-order chi connectivity index (χ0) is 30.6. The number of rotatable bonds is 6. The van der Waals surface area contributed by atoms with Crippen LogP contribution in [-0.2, 0) is 0 Å². The van der Waals surface area contributed by atoms with Gasteiger partial charge in [-0.25, -0.2) is 26.3 Å². The van der Waals surface area contributed by atoms with Gasteiger partial charge in [-0.3, -0.25) is 0 Å². The predicted octanol–water partition coefficient (Wildman–Crippen LogP) is 9.47. The second-order valence-electron chi connectivity index (χ2n) is 9.68. The summed E-state index contributed by atoms with van der Waals surface area (Å²) < 4.78 is 119. The van der Waals surface area contributed by atoms with Crippen molar-refractivity contribution in [2.45, 2.75) is 45.7 Å². The fraction of sp³-hybridized carbons (Fsp3) is 0.273. The van der Waals surface area contributed by atoms with Crippen molar-refractivity contribution in [2.75, 3.05) is 6.61 Å². The Balaban J connectivity index is 1.55. The number of halogens is 8. The third kappa shape index (κ3) is 6.31. The standard InChI is InChI=1S/C33H24F8O/c1-3-4-5-6-15-42-33-31(40)29(38)24(30(39)32(33)41)14-10-20-8-12-21-16-19(7-11-22(21)17-20)9-13-23-27(36)25(34)18(2)26(35)28(23)37/h7-8,11-12,16-17,23,27H,3-6,15H2,1-2H3. The van der Waals surface area contributed by atoms with Crippen LogP contribution in [0.2, 0.25) is 0 Å². The van der Waals surface area contributed by atoms with Crippen LogP contribution in [0.3, 0.4) is 0 Å². The maximum absolute atomic E-state index is 14.6. The summed E-state index contributed by atoms with van der Waals surface area (Å²) in [6.07, 6.45) is 0.595. The Labute approximate surface area is 237 Å². The summed E-state index contributed by atoms with van der Waals surface area (Å²) in [5.41, 5.74) is -1.25. The molecule has 0 aliphatic heterocycles. The van der Waals surface area contributed by atoms with Crippen LogP contribution in [0.1, 0.15) is 56.2 Å². The second-order valence-corrected chi connectivity index (χ2v) is 9.68. The lowest BCUT2D eigenvalue weighted by atomic mass is 9.92. The normalized spacial score (nSPS) is 16.7. The van der Waals surface area contributed by atoms with Gasteiger partial charge in [-0.1, -0.05) is 62.0 Å². The molecule has 0 N–H and O–H groups in total. The molecule has 1 aliphatic carbocycles. The van der Waals surface area contributed by atoms with Crippen LogP contribution in [0, 0.1) is 52.9 Å². The van der Waals surface area contributed by atoms with Crippen molar-refractivity contribution >= 4 is 10.8 Å². The highest BCUT2D eigenvalue weighted by atomic mass is 19.2. The van der Waals surface area contributed by atoms with E-state index in [4.69, 9.17) is 4.74 Å². The number of allylic oxidation sites excluding steroid dienone is 4. The zero-order valence-electron chi connectivity index (χ0n) is 22.6. The Morgan fingerprint density at radius 3 is 1.90 bits per heavy atom. The van der Waals surface area contributed by atoms with Gasteiger partial charge in [0.05, 0.1) is 6.61 Å². The first-order chi connectivity index (χ1) is 20.0. The van der Waals surface area contributed by atoms with E-state index in [9.17, 15) is 35.1 Å². The molecular weight excluding hydrogens is 564 g/mol. The molecule has 3 aromatic rings. The van der Waals surface area contributed by atoms with E-state index >= 15 is 0 Å². The molecule has 0 saturated heterocycles. The smallest absolute Gasteiger partial charge is 0.205 e. The summed E-state index contributed by atoms with van der Waals surface area (Å²) in [6.45, 7) is 2.82. The average molecular weight is 589 g/mol. The first kappa shape index (κ1) is 30.7. The van der Waals surface area contributed by atoms with Crippen molar-refractivity contribution in [1.82, 2.24) is 0 Å². The molecule has 0 spiro atoms. The maximum Gasteiger partial charge on any atom is 0.205 e. The Morgan fingerprint density at radius 2 is 1.31 bits per heavy atom. The van der Waals surface area contributed by atoms with Gasteiger partial charge >= 0.3 is 0 Å². The summed E-state index contributed by atoms with van der Waals surface area (Å²) in [7, 11) is 0. The summed E-state index contributed by atoms with van der Waals surface area (Å²) in [5, 5.41) is 1.17. The average Bonchev–Trinajstić information content (AvgIpc) is 2.99. The lowest BCUT2D eigenvalue weighted by Crippen LogP contribution is -2.22. The topological polar surface area (TPSA) is 9.23 Å². The van der Waals surface area contributed by atoms with E-state index < -0.39 is 69.7 Å². The van der Waals surface area contributed by atoms with Crippen molar-refractivity contribution in [3.8, 4) is 29.4 Å². The van der Waals surface area contributed by atoms with Crippen LogP contribution in [0.5, 0.6) is 5.75 Å². The number of alkyl halides is 1. The van der Waals surface area contributed by atoms with Gasteiger partial charge in [0.2, 0.25) is 11.6 Å². The monoisotopic (exact) mass is 588 g/mol. The van der Waals surface area contributed by atoms with E-state index in [1.54, 1.807) is 18.2 Å². The minimum Gasteiger partial charge on any atom is -0.487 e. The Hall–Kier alpha value is -4.24. The molecule has 0 heterocycles. The first-order valence-electron chi connectivity index (χ1n) is 13.2. The van der Waals surface area contributed by atoms with Gasteiger partial charge < -0.3 is 4.74 Å². The second kappa shape index (κ2) is 13.2. The fourth-order valence-corrected chi connectivity index (χ4v) is 4.29. The minimum atomic E-state index is -2.44. The predicted molar refractivity (Wildman–Crippen MR) is 144 cm³/mol. The number of hydrogen-bond acceptors (Lipinski definition) is 1. The molecule has 0 radical (unpaired) electrons. The third-order valence-corrected chi connectivity index (χ3v) is 6.72. The maximum atomic E-state index is 14.6. The van der Waals surface area contributed by atoms with Gasteiger partial charge in [0.1, 0.15) is 17.3 Å². The number of benzene rings is 3. The number of hydrogen-bond donors (Lipinski definition) is 0. The lowest BCUT2D eigenvalue weighted by Gasteiger charge is -2.20. The van der Waals surface area contributed by atoms with Crippen LogP contribution in [0.4, 0.5) is 35.1 Å². The highest BCUT2D eigenvalue weighted by Gasteiger charge is 2.37. The molecule has 0 amide bonds. The molecular formula is C33H24F8O. The van der Waals surface area contributed by atoms with Gasteiger partial charge in [0, 0.05) is 16.7 Å². The first-order valence-corrected chi connectivity index (χ1v) is 13.2. The van der Waals surface area contributed by atoms with Crippen molar-refractivity contribution in [1.29, 1.82) is 0 Å². The van der Waals surface area contributed by atoms with Crippen molar-refractivity contribution in [2.24, 2.45) is 5.92 Å². The number of ether oxygens (including phenoxy) is 1. The zero-order valence-corrected chi connectivity index (χ0v) is 22.6. The molecule has 42 heavy (non-hydrogen) atoms. The van der Waals surface area contributed by atoms with Crippen LogP contribution in [0.25, 0.3) is 10.8 Å². The van der Waals surface area contributed by atoms with Gasteiger partial charge in [-0.2, -0.15) is 8.78 Å². The lowest BCUT2D eigenvalue weighted by molar-refractivity contribution is 0.250.